The van der Waals surface area contributed by atoms with E-state index in [-0.39, 0.29) is 42.6 Å². The molecular weight excluding hydrogens is 402 g/mol. The molecule has 156 valence electrons. The third-order valence-corrected chi connectivity index (χ3v) is 6.43. The van der Waals surface area contributed by atoms with Crippen molar-refractivity contribution in [1.29, 1.82) is 0 Å². The minimum atomic E-state index is -0.337. The Hall–Kier alpha value is -3.00. The SMILES string of the molecule is O=C(Cc1cccs1)NC1CCN(C(=O)CCN2C(=O)c3ccccc3C2=O)CC1. The molecule has 1 aromatic heterocycles. The van der Waals surface area contributed by atoms with Gasteiger partial charge in [0.2, 0.25) is 11.8 Å². The van der Waals surface area contributed by atoms with Crippen LogP contribution >= 0.6 is 11.3 Å². The molecule has 4 rings (SSSR count). The lowest BCUT2D eigenvalue weighted by molar-refractivity contribution is -0.132. The average Bonchev–Trinajstić information content (AvgIpc) is 3.34. The van der Waals surface area contributed by atoms with E-state index in [1.165, 1.54) is 0 Å². The molecule has 8 heteroatoms. The summed E-state index contributed by atoms with van der Waals surface area (Å²) < 4.78 is 0. The van der Waals surface area contributed by atoms with Crippen LogP contribution in [0.15, 0.2) is 41.8 Å². The number of carbonyl (C=O) groups is 4. The van der Waals surface area contributed by atoms with Gasteiger partial charge in [-0.25, -0.2) is 0 Å². The summed E-state index contributed by atoms with van der Waals surface area (Å²) in [6, 6.07) is 10.7. The van der Waals surface area contributed by atoms with Crippen LogP contribution in [0.4, 0.5) is 0 Å². The quantitative estimate of drug-likeness (QED) is 0.718. The maximum absolute atomic E-state index is 12.6. The van der Waals surface area contributed by atoms with Gasteiger partial charge in [0.15, 0.2) is 0 Å². The van der Waals surface area contributed by atoms with Gasteiger partial charge in [-0.2, -0.15) is 0 Å². The summed E-state index contributed by atoms with van der Waals surface area (Å²) in [5.41, 5.74) is 0.795. The highest BCUT2D eigenvalue weighted by molar-refractivity contribution is 7.10. The summed E-state index contributed by atoms with van der Waals surface area (Å²) in [5.74, 6) is -0.742. The van der Waals surface area contributed by atoms with Crippen molar-refractivity contribution >= 4 is 35.0 Å². The van der Waals surface area contributed by atoms with Crippen molar-refractivity contribution in [2.75, 3.05) is 19.6 Å². The highest BCUT2D eigenvalue weighted by atomic mass is 32.1. The molecule has 1 aromatic carbocycles. The number of nitrogens with one attached hydrogen (secondary N) is 1. The Morgan fingerprint density at radius 1 is 1.00 bits per heavy atom. The lowest BCUT2D eigenvalue weighted by Gasteiger charge is -2.32. The molecule has 7 nitrogen and oxygen atoms in total. The Morgan fingerprint density at radius 2 is 1.67 bits per heavy atom. The van der Waals surface area contributed by atoms with E-state index in [0.717, 1.165) is 9.78 Å². The van der Waals surface area contributed by atoms with E-state index >= 15 is 0 Å². The van der Waals surface area contributed by atoms with E-state index in [0.29, 0.717) is 43.5 Å². The molecule has 0 aliphatic carbocycles. The Kier molecular flexibility index (Phi) is 5.94. The minimum Gasteiger partial charge on any atom is -0.353 e. The molecule has 0 atom stereocenters. The summed E-state index contributed by atoms with van der Waals surface area (Å²) in [6.07, 6.45) is 1.90. The zero-order valence-electron chi connectivity index (χ0n) is 16.5. The molecule has 30 heavy (non-hydrogen) atoms. The Bertz CT molecular complexity index is 930. The molecule has 2 aliphatic heterocycles. The second kappa shape index (κ2) is 8.79. The van der Waals surface area contributed by atoms with Crippen LogP contribution in [0.5, 0.6) is 0 Å². The summed E-state index contributed by atoms with van der Waals surface area (Å²) in [7, 11) is 0. The topological polar surface area (TPSA) is 86.8 Å². The zero-order chi connectivity index (χ0) is 21.1. The average molecular weight is 426 g/mol. The number of imide groups is 1. The van der Waals surface area contributed by atoms with Gasteiger partial charge in [-0.3, -0.25) is 24.1 Å². The van der Waals surface area contributed by atoms with Crippen molar-refractivity contribution < 1.29 is 19.2 Å². The number of amides is 4. The Morgan fingerprint density at radius 3 is 2.27 bits per heavy atom. The summed E-state index contributed by atoms with van der Waals surface area (Å²) in [4.78, 5) is 53.4. The largest absolute Gasteiger partial charge is 0.353 e. The van der Waals surface area contributed by atoms with Crippen molar-refractivity contribution in [2.24, 2.45) is 0 Å². The first-order chi connectivity index (χ1) is 14.5. The van der Waals surface area contributed by atoms with Gasteiger partial charge in [0.1, 0.15) is 0 Å². The number of piperidine rings is 1. The van der Waals surface area contributed by atoms with Gasteiger partial charge in [0.05, 0.1) is 17.5 Å². The third-order valence-electron chi connectivity index (χ3n) is 5.56. The van der Waals surface area contributed by atoms with Crippen molar-refractivity contribution in [3.8, 4) is 0 Å². The molecule has 0 unspecified atom stereocenters. The van der Waals surface area contributed by atoms with Gasteiger partial charge in [-0.1, -0.05) is 18.2 Å². The number of fused-ring (bicyclic) bond motifs is 1. The number of nitrogens with zero attached hydrogens (tertiary/aromatic N) is 2. The van der Waals surface area contributed by atoms with Gasteiger partial charge in [-0.05, 0) is 36.4 Å². The van der Waals surface area contributed by atoms with Gasteiger partial charge >= 0.3 is 0 Å². The molecule has 3 heterocycles. The van der Waals surface area contributed by atoms with Crippen LogP contribution in [0.3, 0.4) is 0 Å². The maximum Gasteiger partial charge on any atom is 0.261 e. The van der Waals surface area contributed by atoms with E-state index in [1.54, 1.807) is 40.5 Å². The number of rotatable bonds is 6. The van der Waals surface area contributed by atoms with Crippen LogP contribution in [0.2, 0.25) is 0 Å². The van der Waals surface area contributed by atoms with Gasteiger partial charge in [-0.15, -0.1) is 11.3 Å². The normalized spacial score (nSPS) is 16.7. The van der Waals surface area contributed by atoms with E-state index < -0.39 is 0 Å². The molecule has 1 saturated heterocycles. The second-order valence-electron chi connectivity index (χ2n) is 7.54. The Balaban J connectivity index is 1.22. The maximum atomic E-state index is 12.6. The number of carbonyl (C=O) groups excluding carboxylic acids is 4. The number of thiophene rings is 1. The smallest absolute Gasteiger partial charge is 0.261 e. The predicted octanol–water partition coefficient (Wildman–Crippen LogP) is 2.08. The summed E-state index contributed by atoms with van der Waals surface area (Å²) in [6.45, 7) is 1.21. The third kappa shape index (κ3) is 4.28. The predicted molar refractivity (Wildman–Crippen MR) is 112 cm³/mol. The molecule has 4 amide bonds. The molecule has 1 fully saturated rings. The fourth-order valence-electron chi connectivity index (χ4n) is 3.93. The molecule has 0 spiro atoms. The van der Waals surface area contributed by atoms with Crippen molar-refractivity contribution in [3.05, 3.63) is 57.8 Å². The van der Waals surface area contributed by atoms with E-state index in [1.807, 2.05) is 17.5 Å². The fraction of sp³-hybridized carbons (Fsp3) is 0.364. The molecule has 2 aromatic rings. The highest BCUT2D eigenvalue weighted by Gasteiger charge is 2.35. The fourth-order valence-corrected chi connectivity index (χ4v) is 4.63. The van der Waals surface area contributed by atoms with Crippen LogP contribution in [0.1, 0.15) is 44.9 Å². The van der Waals surface area contributed by atoms with Crippen molar-refractivity contribution in [1.82, 2.24) is 15.1 Å². The van der Waals surface area contributed by atoms with E-state index in [2.05, 4.69) is 5.32 Å². The van der Waals surface area contributed by atoms with Crippen LogP contribution in [0.25, 0.3) is 0 Å². The molecular formula is C22H23N3O4S. The van der Waals surface area contributed by atoms with Gasteiger partial charge in [0.25, 0.3) is 11.8 Å². The standard InChI is InChI=1S/C22H23N3O4S/c26-19(14-16-4-3-13-30-16)23-15-7-10-24(11-8-15)20(27)9-12-25-21(28)17-5-1-2-6-18(17)22(25)29/h1-6,13,15H,7-12,14H2,(H,23,26). The highest BCUT2D eigenvalue weighted by Crippen LogP contribution is 2.23. The first-order valence-electron chi connectivity index (χ1n) is 10.1. The van der Waals surface area contributed by atoms with Crippen molar-refractivity contribution in [3.63, 3.8) is 0 Å². The number of benzene rings is 1. The lowest BCUT2D eigenvalue weighted by atomic mass is 10.0. The molecule has 0 bridgehead atoms. The summed E-state index contributed by atoms with van der Waals surface area (Å²) >= 11 is 1.56. The number of hydrogen-bond donors (Lipinski definition) is 1. The Labute approximate surface area is 178 Å². The molecule has 0 radical (unpaired) electrons. The van der Waals surface area contributed by atoms with E-state index in [9.17, 15) is 19.2 Å². The number of hydrogen-bond acceptors (Lipinski definition) is 5. The van der Waals surface area contributed by atoms with Crippen LogP contribution in [-0.4, -0.2) is 59.1 Å². The molecule has 2 aliphatic rings. The van der Waals surface area contributed by atoms with Gasteiger partial charge < -0.3 is 10.2 Å². The number of likely N-dealkylation sites (tertiary alicyclic amines) is 1. The first-order valence-corrected chi connectivity index (χ1v) is 11.0. The first kappa shape index (κ1) is 20.3. The monoisotopic (exact) mass is 425 g/mol. The second-order valence-corrected chi connectivity index (χ2v) is 8.57. The van der Waals surface area contributed by atoms with Crippen LogP contribution < -0.4 is 5.32 Å². The summed E-state index contributed by atoms with van der Waals surface area (Å²) in [5, 5.41) is 5.00. The lowest BCUT2D eigenvalue weighted by Crippen LogP contribution is -2.47. The molecule has 1 N–H and O–H groups in total. The van der Waals surface area contributed by atoms with Crippen molar-refractivity contribution in [2.45, 2.75) is 31.7 Å². The van der Waals surface area contributed by atoms with E-state index in [4.69, 9.17) is 0 Å². The zero-order valence-corrected chi connectivity index (χ0v) is 17.3. The van der Waals surface area contributed by atoms with Crippen LogP contribution in [0, 0.1) is 0 Å². The van der Waals surface area contributed by atoms with Gasteiger partial charge in [0, 0.05) is 37.0 Å². The molecule has 0 saturated carbocycles. The minimum absolute atomic E-state index is 0.00727. The van der Waals surface area contributed by atoms with Crippen LogP contribution in [-0.2, 0) is 16.0 Å².